The summed E-state index contributed by atoms with van der Waals surface area (Å²) in [6.45, 7) is 2.22. The molecule has 0 spiro atoms. The Balaban J connectivity index is 1.83. The van der Waals surface area contributed by atoms with Crippen LogP contribution in [0.5, 0.6) is 0 Å². The van der Waals surface area contributed by atoms with E-state index in [-0.39, 0.29) is 17.8 Å². The van der Waals surface area contributed by atoms with Gasteiger partial charge in [0.25, 0.3) is 0 Å². The van der Waals surface area contributed by atoms with E-state index >= 15 is 0 Å². The molecule has 2 amide bonds. The Morgan fingerprint density at radius 1 is 1.12 bits per heavy atom. The molecule has 1 aromatic heterocycles. The van der Waals surface area contributed by atoms with Gasteiger partial charge in [0.15, 0.2) is 0 Å². The van der Waals surface area contributed by atoms with Gasteiger partial charge in [0.2, 0.25) is 10.0 Å². The molecule has 0 aliphatic heterocycles. The first-order valence-corrected chi connectivity index (χ1v) is 9.07. The van der Waals surface area contributed by atoms with Crippen molar-refractivity contribution in [2.75, 3.05) is 0 Å². The molecule has 4 N–H and O–H groups in total. The molecule has 0 aliphatic carbocycles. The number of carbonyl (C=O) groups excluding carboxylic acids is 1. The molecule has 24 heavy (non-hydrogen) atoms. The molecule has 1 aromatic carbocycles. The lowest BCUT2D eigenvalue weighted by atomic mass is 10.1. The molecule has 0 saturated carbocycles. The van der Waals surface area contributed by atoms with Crippen molar-refractivity contribution in [1.29, 1.82) is 0 Å². The fourth-order valence-corrected chi connectivity index (χ4v) is 2.81. The first-order chi connectivity index (χ1) is 11.3. The first-order valence-electron chi connectivity index (χ1n) is 7.36. The predicted molar refractivity (Wildman–Crippen MR) is 91.3 cm³/mol. The van der Waals surface area contributed by atoms with E-state index in [4.69, 9.17) is 5.14 Å². The van der Waals surface area contributed by atoms with Gasteiger partial charge in [0, 0.05) is 18.9 Å². The van der Waals surface area contributed by atoms with Gasteiger partial charge in [-0.25, -0.2) is 18.4 Å². The lowest BCUT2D eigenvalue weighted by Crippen LogP contribution is -2.36. The summed E-state index contributed by atoms with van der Waals surface area (Å²) in [5.74, 6) is -0.204. The number of benzene rings is 1. The Morgan fingerprint density at radius 3 is 2.29 bits per heavy atom. The SMILES string of the molecule is C[C@@H](NC(=O)NCc1ccc(CS(N)(=O)=O)cc1)c1ccncc1. The van der Waals surface area contributed by atoms with Gasteiger partial charge in [-0.05, 0) is 35.7 Å². The van der Waals surface area contributed by atoms with E-state index in [1.54, 1.807) is 36.7 Å². The zero-order valence-corrected chi connectivity index (χ0v) is 14.1. The number of pyridine rings is 1. The molecule has 0 aliphatic rings. The summed E-state index contributed by atoms with van der Waals surface area (Å²) in [5.41, 5.74) is 2.43. The van der Waals surface area contributed by atoms with Gasteiger partial charge < -0.3 is 10.6 Å². The molecule has 128 valence electrons. The number of urea groups is 1. The van der Waals surface area contributed by atoms with Crippen LogP contribution in [0.25, 0.3) is 0 Å². The topological polar surface area (TPSA) is 114 Å². The third-order valence-electron chi connectivity index (χ3n) is 3.40. The second-order valence-corrected chi connectivity index (χ2v) is 7.07. The lowest BCUT2D eigenvalue weighted by molar-refractivity contribution is 0.237. The number of carbonyl (C=O) groups is 1. The van der Waals surface area contributed by atoms with E-state index in [9.17, 15) is 13.2 Å². The molecule has 7 nitrogen and oxygen atoms in total. The highest BCUT2D eigenvalue weighted by molar-refractivity contribution is 7.88. The zero-order valence-electron chi connectivity index (χ0n) is 13.3. The van der Waals surface area contributed by atoms with Crippen LogP contribution in [0, 0.1) is 0 Å². The van der Waals surface area contributed by atoms with Crippen LogP contribution in [-0.4, -0.2) is 19.4 Å². The van der Waals surface area contributed by atoms with Crippen LogP contribution in [0.3, 0.4) is 0 Å². The molecule has 2 aromatic rings. The van der Waals surface area contributed by atoms with Crippen molar-refractivity contribution in [3.8, 4) is 0 Å². The minimum absolute atomic E-state index is 0.134. The molecular formula is C16H20N4O3S. The molecule has 1 atom stereocenters. The molecule has 0 bridgehead atoms. The van der Waals surface area contributed by atoms with Crippen molar-refractivity contribution in [3.05, 3.63) is 65.5 Å². The van der Waals surface area contributed by atoms with Crippen LogP contribution in [0.2, 0.25) is 0 Å². The van der Waals surface area contributed by atoms with E-state index in [0.29, 0.717) is 12.1 Å². The summed E-state index contributed by atoms with van der Waals surface area (Å²) in [5, 5.41) is 10.6. The number of sulfonamides is 1. The number of primary sulfonamides is 1. The first kappa shape index (κ1) is 17.9. The molecule has 8 heteroatoms. The summed E-state index contributed by atoms with van der Waals surface area (Å²) in [7, 11) is -3.54. The quantitative estimate of drug-likeness (QED) is 0.732. The lowest BCUT2D eigenvalue weighted by Gasteiger charge is -2.15. The van der Waals surface area contributed by atoms with Crippen LogP contribution < -0.4 is 15.8 Å². The maximum absolute atomic E-state index is 11.9. The fraction of sp³-hybridized carbons (Fsp3) is 0.250. The Hall–Kier alpha value is -2.45. The van der Waals surface area contributed by atoms with Gasteiger partial charge in [-0.2, -0.15) is 0 Å². The van der Waals surface area contributed by atoms with Gasteiger partial charge in [0.1, 0.15) is 0 Å². The average Bonchev–Trinajstić information content (AvgIpc) is 2.53. The normalized spacial score (nSPS) is 12.4. The van der Waals surface area contributed by atoms with Crippen molar-refractivity contribution in [1.82, 2.24) is 15.6 Å². The number of rotatable bonds is 6. The van der Waals surface area contributed by atoms with Crippen LogP contribution >= 0.6 is 0 Å². The van der Waals surface area contributed by atoms with E-state index in [2.05, 4.69) is 15.6 Å². The largest absolute Gasteiger partial charge is 0.334 e. The smallest absolute Gasteiger partial charge is 0.315 e. The van der Waals surface area contributed by atoms with Crippen molar-refractivity contribution >= 4 is 16.1 Å². The molecule has 1 heterocycles. The molecule has 2 rings (SSSR count). The van der Waals surface area contributed by atoms with E-state index in [1.807, 2.05) is 19.1 Å². The van der Waals surface area contributed by atoms with E-state index < -0.39 is 10.0 Å². The number of hydrogen-bond acceptors (Lipinski definition) is 4. The number of amides is 2. The highest BCUT2D eigenvalue weighted by Crippen LogP contribution is 2.10. The Kier molecular flexibility index (Phi) is 5.88. The number of nitrogens with one attached hydrogen (secondary N) is 2. The third-order valence-corrected chi connectivity index (χ3v) is 4.13. The van der Waals surface area contributed by atoms with Gasteiger partial charge in [-0.15, -0.1) is 0 Å². The minimum atomic E-state index is -3.54. The summed E-state index contributed by atoms with van der Waals surface area (Å²) in [4.78, 5) is 15.9. The second-order valence-electron chi connectivity index (χ2n) is 5.45. The van der Waals surface area contributed by atoms with E-state index in [0.717, 1.165) is 11.1 Å². The molecule has 0 unspecified atom stereocenters. The number of nitrogens with zero attached hydrogens (tertiary/aromatic N) is 1. The highest BCUT2D eigenvalue weighted by atomic mass is 32.2. The Bertz CT molecular complexity index is 777. The fourth-order valence-electron chi connectivity index (χ4n) is 2.15. The average molecular weight is 348 g/mol. The van der Waals surface area contributed by atoms with E-state index in [1.165, 1.54) is 0 Å². The highest BCUT2D eigenvalue weighted by Gasteiger charge is 2.09. The van der Waals surface area contributed by atoms with Crippen molar-refractivity contribution in [3.63, 3.8) is 0 Å². The number of nitrogens with two attached hydrogens (primary N) is 1. The van der Waals surface area contributed by atoms with Gasteiger partial charge in [-0.1, -0.05) is 24.3 Å². The Labute approximate surface area is 141 Å². The van der Waals surface area contributed by atoms with Gasteiger partial charge in [0.05, 0.1) is 11.8 Å². The number of hydrogen-bond donors (Lipinski definition) is 3. The zero-order chi connectivity index (χ0) is 17.6. The summed E-state index contributed by atoms with van der Waals surface area (Å²) in [6, 6.07) is 10.1. The summed E-state index contributed by atoms with van der Waals surface area (Å²) >= 11 is 0. The number of aromatic nitrogens is 1. The third kappa shape index (κ3) is 5.98. The van der Waals surface area contributed by atoms with Crippen LogP contribution in [-0.2, 0) is 22.3 Å². The Morgan fingerprint density at radius 2 is 1.71 bits per heavy atom. The van der Waals surface area contributed by atoms with Crippen LogP contribution in [0.15, 0.2) is 48.8 Å². The van der Waals surface area contributed by atoms with Crippen molar-refractivity contribution in [2.45, 2.75) is 25.3 Å². The molecule has 0 fully saturated rings. The maximum Gasteiger partial charge on any atom is 0.315 e. The standard InChI is InChI=1S/C16H20N4O3S/c1-12(15-6-8-18-9-7-15)20-16(21)19-10-13-2-4-14(5-3-13)11-24(17,22)23/h2-9,12H,10-11H2,1H3,(H2,17,22,23)(H2,19,20,21)/t12-/m1/s1. The predicted octanol–water partition coefficient (Wildman–Crippen LogP) is 1.43. The molecule has 0 saturated heterocycles. The summed E-state index contributed by atoms with van der Waals surface area (Å²) in [6.07, 6.45) is 3.35. The maximum atomic E-state index is 11.9. The minimum Gasteiger partial charge on any atom is -0.334 e. The molecule has 0 radical (unpaired) electrons. The summed E-state index contributed by atoms with van der Waals surface area (Å²) < 4.78 is 22.1. The van der Waals surface area contributed by atoms with Gasteiger partial charge >= 0.3 is 6.03 Å². The van der Waals surface area contributed by atoms with Crippen LogP contribution in [0.1, 0.15) is 29.7 Å². The van der Waals surface area contributed by atoms with Gasteiger partial charge in [-0.3, -0.25) is 4.98 Å². The second kappa shape index (κ2) is 7.89. The monoisotopic (exact) mass is 348 g/mol. The van der Waals surface area contributed by atoms with Crippen molar-refractivity contribution in [2.24, 2.45) is 5.14 Å². The molecular weight excluding hydrogens is 328 g/mol. The van der Waals surface area contributed by atoms with Crippen LogP contribution in [0.4, 0.5) is 4.79 Å². The van der Waals surface area contributed by atoms with Crippen molar-refractivity contribution < 1.29 is 13.2 Å².